The summed E-state index contributed by atoms with van der Waals surface area (Å²) in [6, 6.07) is 11.3. The Bertz CT molecular complexity index is 493. The molecule has 0 amide bonds. The fourth-order valence-electron chi connectivity index (χ4n) is 1.31. The summed E-state index contributed by atoms with van der Waals surface area (Å²) in [4.78, 5) is 4.18. The van der Waals surface area contributed by atoms with Crippen molar-refractivity contribution in [3.8, 4) is 5.75 Å². The zero-order valence-corrected chi connectivity index (χ0v) is 11.8. The fourth-order valence-corrected chi connectivity index (χ4v) is 1.88. The van der Waals surface area contributed by atoms with Crippen LogP contribution in [0.25, 0.3) is 0 Å². The average molecular weight is 361 g/mol. The van der Waals surface area contributed by atoms with E-state index in [1.807, 2.05) is 36.4 Å². The van der Waals surface area contributed by atoms with Crippen LogP contribution in [-0.4, -0.2) is 4.98 Å². The summed E-state index contributed by atoms with van der Waals surface area (Å²) in [6.07, 6.45) is 1.74. The number of benzene rings is 1. The number of nitrogens with zero attached hydrogens (tertiary/aromatic N) is 1. The lowest BCUT2D eigenvalue weighted by atomic mass is 10.3. The van der Waals surface area contributed by atoms with Crippen molar-refractivity contribution in [2.75, 3.05) is 3.53 Å². The molecule has 5 heteroatoms. The molecule has 17 heavy (non-hydrogen) atoms. The van der Waals surface area contributed by atoms with E-state index in [2.05, 4.69) is 31.4 Å². The maximum Gasteiger partial charge on any atom is 0.138 e. The van der Waals surface area contributed by atoms with Gasteiger partial charge in [0.2, 0.25) is 0 Å². The van der Waals surface area contributed by atoms with E-state index in [4.69, 9.17) is 16.3 Å². The fraction of sp³-hybridized carbons (Fsp3) is 0.0833. The third kappa shape index (κ3) is 3.47. The van der Waals surface area contributed by atoms with Gasteiger partial charge in [0.25, 0.3) is 0 Å². The van der Waals surface area contributed by atoms with Gasteiger partial charge >= 0.3 is 0 Å². The van der Waals surface area contributed by atoms with Crippen LogP contribution in [0.15, 0.2) is 42.6 Å². The van der Waals surface area contributed by atoms with E-state index in [9.17, 15) is 0 Å². The molecule has 0 fully saturated rings. The molecule has 2 rings (SSSR count). The Morgan fingerprint density at radius 1 is 1.29 bits per heavy atom. The number of rotatable bonds is 4. The molecule has 1 aromatic heterocycles. The summed E-state index contributed by atoms with van der Waals surface area (Å²) < 4.78 is 8.58. The number of halogens is 2. The normalized spacial score (nSPS) is 10.0. The van der Waals surface area contributed by atoms with Gasteiger partial charge in [-0.1, -0.05) is 17.7 Å². The monoisotopic (exact) mass is 360 g/mol. The van der Waals surface area contributed by atoms with Crippen LogP contribution in [0.5, 0.6) is 5.75 Å². The Morgan fingerprint density at radius 2 is 2.18 bits per heavy atom. The number of anilines is 1. The molecule has 2 aromatic rings. The smallest absolute Gasteiger partial charge is 0.138 e. The summed E-state index contributed by atoms with van der Waals surface area (Å²) in [7, 11) is 0. The zero-order chi connectivity index (χ0) is 12.1. The van der Waals surface area contributed by atoms with E-state index in [1.54, 1.807) is 6.20 Å². The van der Waals surface area contributed by atoms with Crippen LogP contribution in [0.2, 0.25) is 5.02 Å². The molecule has 88 valence electrons. The molecule has 0 unspecified atom stereocenters. The minimum Gasteiger partial charge on any atom is -0.486 e. The predicted octanol–water partition coefficient (Wildman–Crippen LogP) is 4.08. The second-order valence-corrected chi connectivity index (χ2v) is 4.30. The van der Waals surface area contributed by atoms with Crippen molar-refractivity contribution in [2.24, 2.45) is 0 Å². The number of hydrogen-bond donors (Lipinski definition) is 1. The van der Waals surface area contributed by atoms with Crippen molar-refractivity contribution < 1.29 is 4.74 Å². The Morgan fingerprint density at radius 3 is 2.82 bits per heavy atom. The molecule has 0 aliphatic rings. The van der Waals surface area contributed by atoms with Gasteiger partial charge in [0, 0.05) is 11.9 Å². The molecule has 0 bridgehead atoms. The largest absolute Gasteiger partial charge is 0.486 e. The van der Waals surface area contributed by atoms with Gasteiger partial charge in [-0.2, -0.15) is 0 Å². The Hall–Kier alpha value is -1.01. The lowest BCUT2D eigenvalue weighted by Gasteiger charge is -2.08. The first kappa shape index (κ1) is 12.4. The first-order valence-electron chi connectivity index (χ1n) is 4.98. The summed E-state index contributed by atoms with van der Waals surface area (Å²) in [5.74, 6) is 0.660. The third-order valence-corrected chi connectivity index (χ3v) is 3.06. The van der Waals surface area contributed by atoms with Crippen molar-refractivity contribution in [2.45, 2.75) is 6.61 Å². The van der Waals surface area contributed by atoms with Crippen LogP contribution in [0.1, 0.15) is 5.69 Å². The van der Waals surface area contributed by atoms with E-state index in [-0.39, 0.29) is 0 Å². The van der Waals surface area contributed by atoms with Crippen molar-refractivity contribution in [1.82, 2.24) is 4.98 Å². The molecular formula is C12H10ClIN2O. The van der Waals surface area contributed by atoms with Crippen molar-refractivity contribution in [3.63, 3.8) is 0 Å². The van der Waals surface area contributed by atoms with Crippen molar-refractivity contribution in [3.05, 3.63) is 53.3 Å². The highest BCUT2D eigenvalue weighted by Gasteiger charge is 2.03. The third-order valence-electron chi connectivity index (χ3n) is 2.14. The standard InChI is InChI=1S/C12H10ClIN2O/c13-11-7-9(16-14)4-5-12(11)17-8-10-3-1-2-6-15-10/h1-7,16H,8H2. The topological polar surface area (TPSA) is 34.1 Å². The Labute approximate surface area is 119 Å². The van der Waals surface area contributed by atoms with Gasteiger partial charge in [-0.05, 0) is 30.3 Å². The van der Waals surface area contributed by atoms with Crippen molar-refractivity contribution >= 4 is 40.2 Å². The molecule has 0 saturated carbocycles. The van der Waals surface area contributed by atoms with Crippen LogP contribution >= 0.6 is 34.5 Å². The highest BCUT2D eigenvalue weighted by atomic mass is 127. The van der Waals surface area contributed by atoms with E-state index in [1.165, 1.54) is 0 Å². The summed E-state index contributed by atoms with van der Waals surface area (Å²) in [6.45, 7) is 0.414. The van der Waals surface area contributed by atoms with Crippen LogP contribution in [-0.2, 0) is 6.61 Å². The molecule has 0 saturated heterocycles. The number of pyridine rings is 1. The quantitative estimate of drug-likeness (QED) is 0.659. The number of hydrogen-bond acceptors (Lipinski definition) is 3. The van der Waals surface area contributed by atoms with Crippen LogP contribution in [0.3, 0.4) is 0 Å². The predicted molar refractivity (Wildman–Crippen MR) is 77.7 cm³/mol. The summed E-state index contributed by atoms with van der Waals surface area (Å²) in [5.41, 5.74) is 1.82. The van der Waals surface area contributed by atoms with Crippen LogP contribution in [0.4, 0.5) is 5.69 Å². The van der Waals surface area contributed by atoms with Gasteiger partial charge in [0.05, 0.1) is 33.6 Å². The number of nitrogens with one attached hydrogen (secondary N) is 1. The zero-order valence-electron chi connectivity index (χ0n) is 8.86. The molecular weight excluding hydrogens is 351 g/mol. The highest BCUT2D eigenvalue weighted by Crippen LogP contribution is 2.28. The molecule has 0 atom stereocenters. The molecule has 0 aliphatic carbocycles. The van der Waals surface area contributed by atoms with Gasteiger partial charge < -0.3 is 8.27 Å². The molecule has 1 aromatic carbocycles. The summed E-state index contributed by atoms with van der Waals surface area (Å²) in [5, 5.41) is 0.586. The number of ether oxygens (including phenoxy) is 1. The van der Waals surface area contributed by atoms with Crippen LogP contribution < -0.4 is 8.27 Å². The SMILES string of the molecule is Clc1cc(NI)ccc1OCc1ccccn1. The Balaban J connectivity index is 2.04. The maximum atomic E-state index is 6.09. The van der Waals surface area contributed by atoms with Gasteiger partial charge in [0.1, 0.15) is 12.4 Å². The van der Waals surface area contributed by atoms with E-state index in [0.29, 0.717) is 17.4 Å². The first-order valence-corrected chi connectivity index (χ1v) is 6.44. The molecule has 3 nitrogen and oxygen atoms in total. The van der Waals surface area contributed by atoms with Gasteiger partial charge in [-0.3, -0.25) is 4.98 Å². The second kappa shape index (κ2) is 6.07. The molecule has 0 spiro atoms. The first-order chi connectivity index (χ1) is 8.29. The van der Waals surface area contributed by atoms with E-state index in [0.717, 1.165) is 11.4 Å². The van der Waals surface area contributed by atoms with Gasteiger partial charge in [-0.15, -0.1) is 0 Å². The second-order valence-electron chi connectivity index (χ2n) is 3.35. The van der Waals surface area contributed by atoms with E-state index < -0.39 is 0 Å². The Kier molecular flexibility index (Phi) is 4.44. The number of aromatic nitrogens is 1. The van der Waals surface area contributed by atoms with Gasteiger partial charge in [0.15, 0.2) is 0 Å². The molecule has 1 N–H and O–H groups in total. The minimum atomic E-state index is 0.414. The lowest BCUT2D eigenvalue weighted by molar-refractivity contribution is 0.301. The average Bonchev–Trinajstić information content (AvgIpc) is 2.38. The van der Waals surface area contributed by atoms with Crippen molar-refractivity contribution in [1.29, 1.82) is 0 Å². The lowest BCUT2D eigenvalue weighted by Crippen LogP contribution is -1.98. The molecule has 0 aliphatic heterocycles. The minimum absolute atomic E-state index is 0.414. The molecule has 1 heterocycles. The molecule has 0 radical (unpaired) electrons. The van der Waals surface area contributed by atoms with Crippen LogP contribution in [0, 0.1) is 0 Å². The van der Waals surface area contributed by atoms with E-state index >= 15 is 0 Å². The van der Waals surface area contributed by atoms with Gasteiger partial charge in [-0.25, -0.2) is 0 Å². The maximum absolute atomic E-state index is 6.09. The summed E-state index contributed by atoms with van der Waals surface area (Å²) >= 11 is 8.14. The highest BCUT2D eigenvalue weighted by molar-refractivity contribution is 14.1.